The van der Waals surface area contributed by atoms with E-state index in [1.165, 1.54) is 5.56 Å². The van der Waals surface area contributed by atoms with Crippen molar-refractivity contribution >= 4 is 10.0 Å². The minimum atomic E-state index is -3.15. The van der Waals surface area contributed by atoms with Crippen LogP contribution in [0.3, 0.4) is 0 Å². The van der Waals surface area contributed by atoms with Gasteiger partial charge in [0.25, 0.3) is 0 Å². The number of hydrogen-bond acceptors (Lipinski definition) is 5. The van der Waals surface area contributed by atoms with E-state index in [0.29, 0.717) is 12.5 Å². The molecule has 0 amide bonds. The van der Waals surface area contributed by atoms with Crippen molar-refractivity contribution in [2.24, 2.45) is 11.8 Å². The van der Waals surface area contributed by atoms with Gasteiger partial charge in [-0.05, 0) is 37.5 Å². The van der Waals surface area contributed by atoms with Crippen LogP contribution >= 0.6 is 0 Å². The van der Waals surface area contributed by atoms with Gasteiger partial charge in [-0.15, -0.1) is 0 Å². The van der Waals surface area contributed by atoms with Crippen LogP contribution in [0, 0.1) is 11.8 Å². The van der Waals surface area contributed by atoms with Crippen LogP contribution < -0.4 is 9.46 Å². The lowest BCUT2D eigenvalue weighted by atomic mass is 9.74. The van der Waals surface area contributed by atoms with E-state index in [1.807, 2.05) is 12.1 Å². The van der Waals surface area contributed by atoms with Crippen LogP contribution in [0.25, 0.3) is 0 Å². The van der Waals surface area contributed by atoms with Gasteiger partial charge in [-0.25, -0.2) is 13.1 Å². The van der Waals surface area contributed by atoms with E-state index in [0.717, 1.165) is 38.2 Å². The minimum absolute atomic E-state index is 0.0700. The van der Waals surface area contributed by atoms with Crippen LogP contribution in [-0.2, 0) is 21.3 Å². The first-order valence-corrected chi connectivity index (χ1v) is 11.1. The molecule has 3 saturated heterocycles. The molecule has 3 aliphatic heterocycles. The summed E-state index contributed by atoms with van der Waals surface area (Å²) in [5.74, 6) is 1.70. The van der Waals surface area contributed by atoms with Crippen molar-refractivity contribution in [2.45, 2.75) is 38.0 Å². The number of likely N-dealkylation sites (tertiary alicyclic amines) is 1. The second kappa shape index (κ2) is 6.78. The lowest BCUT2D eigenvalue weighted by Gasteiger charge is -2.29. The fourth-order valence-electron chi connectivity index (χ4n) is 4.99. The highest BCUT2D eigenvalue weighted by molar-refractivity contribution is 7.89. The molecule has 3 fully saturated rings. The Morgan fingerprint density at radius 2 is 2.12 bits per heavy atom. The lowest BCUT2D eigenvalue weighted by Crippen LogP contribution is -2.42. The third-order valence-corrected chi connectivity index (χ3v) is 7.71. The Hall–Kier alpha value is -1.15. The molecule has 1 N–H and O–H groups in total. The summed E-state index contributed by atoms with van der Waals surface area (Å²) in [6.07, 6.45) is 2.35. The Bertz CT molecular complexity index is 751. The monoisotopic (exact) mass is 380 g/mol. The van der Waals surface area contributed by atoms with Gasteiger partial charge in [-0.3, -0.25) is 4.90 Å². The zero-order valence-corrected chi connectivity index (χ0v) is 16.3. The Morgan fingerprint density at radius 1 is 1.35 bits per heavy atom. The molecule has 6 nitrogen and oxygen atoms in total. The predicted molar refractivity (Wildman–Crippen MR) is 99.6 cm³/mol. The third kappa shape index (κ3) is 3.26. The minimum Gasteiger partial charge on any atom is -0.497 e. The molecule has 1 spiro atoms. The van der Waals surface area contributed by atoms with Crippen molar-refractivity contribution in [1.82, 2.24) is 9.62 Å². The van der Waals surface area contributed by atoms with E-state index in [2.05, 4.69) is 21.8 Å². The summed E-state index contributed by atoms with van der Waals surface area (Å²) in [5.41, 5.74) is 1.19. The van der Waals surface area contributed by atoms with Crippen LogP contribution in [0.15, 0.2) is 24.3 Å². The zero-order chi connectivity index (χ0) is 18.4. The summed E-state index contributed by atoms with van der Waals surface area (Å²) in [6.45, 7) is 4.98. The quantitative estimate of drug-likeness (QED) is 0.778. The maximum atomic E-state index is 11.8. The van der Waals surface area contributed by atoms with Gasteiger partial charge in [0.05, 0.1) is 24.6 Å². The van der Waals surface area contributed by atoms with Crippen LogP contribution in [0.4, 0.5) is 0 Å². The second-order valence-electron chi connectivity index (χ2n) is 7.80. The standard InChI is InChI=1S/C19H28N2O4S/c1-3-26(22,23)20-10-16-17-12-21(13-19(17)9-8-18(16)25-19)11-14-4-6-15(24-2)7-5-14/h4-7,16-18,20H,3,8-13H2,1-2H3/t16-,17+,18+,19+/m0/s1. The second-order valence-corrected chi connectivity index (χ2v) is 9.90. The molecule has 0 aliphatic carbocycles. The molecule has 26 heavy (non-hydrogen) atoms. The summed E-state index contributed by atoms with van der Waals surface area (Å²) >= 11 is 0. The highest BCUT2D eigenvalue weighted by Crippen LogP contribution is 2.54. The van der Waals surface area contributed by atoms with Crippen molar-refractivity contribution in [3.05, 3.63) is 29.8 Å². The van der Waals surface area contributed by atoms with Gasteiger partial charge < -0.3 is 9.47 Å². The molecular formula is C19H28N2O4S. The van der Waals surface area contributed by atoms with Gasteiger partial charge in [-0.2, -0.15) is 0 Å². The van der Waals surface area contributed by atoms with Crippen molar-refractivity contribution < 1.29 is 17.9 Å². The number of nitrogens with zero attached hydrogens (tertiary/aromatic N) is 1. The van der Waals surface area contributed by atoms with Gasteiger partial charge >= 0.3 is 0 Å². The largest absolute Gasteiger partial charge is 0.497 e. The molecule has 0 saturated carbocycles. The molecule has 3 aliphatic rings. The zero-order valence-electron chi connectivity index (χ0n) is 15.5. The first kappa shape index (κ1) is 18.2. The van der Waals surface area contributed by atoms with E-state index in [-0.39, 0.29) is 23.4 Å². The molecule has 7 heteroatoms. The number of hydrogen-bond donors (Lipinski definition) is 1. The molecule has 0 radical (unpaired) electrons. The van der Waals surface area contributed by atoms with Gasteiger partial charge in [-0.1, -0.05) is 12.1 Å². The highest BCUT2D eigenvalue weighted by atomic mass is 32.2. The van der Waals surface area contributed by atoms with Crippen LogP contribution in [0.5, 0.6) is 5.75 Å². The number of nitrogens with one attached hydrogen (secondary N) is 1. The molecule has 3 heterocycles. The Labute approximate surface area is 155 Å². The molecule has 144 valence electrons. The first-order chi connectivity index (χ1) is 12.4. The topological polar surface area (TPSA) is 67.9 Å². The van der Waals surface area contributed by atoms with E-state index in [4.69, 9.17) is 9.47 Å². The van der Waals surface area contributed by atoms with E-state index in [9.17, 15) is 8.42 Å². The fraction of sp³-hybridized carbons (Fsp3) is 0.684. The number of benzene rings is 1. The number of methoxy groups -OCH3 is 1. The molecule has 0 aromatic heterocycles. The molecule has 4 rings (SSSR count). The van der Waals surface area contributed by atoms with E-state index >= 15 is 0 Å². The smallest absolute Gasteiger partial charge is 0.211 e. The van der Waals surface area contributed by atoms with Crippen molar-refractivity contribution in [3.8, 4) is 5.75 Å². The Kier molecular flexibility index (Phi) is 4.75. The predicted octanol–water partition coefficient (Wildman–Crippen LogP) is 1.61. The first-order valence-electron chi connectivity index (χ1n) is 9.45. The molecule has 4 atom stereocenters. The van der Waals surface area contributed by atoms with Crippen LogP contribution in [-0.4, -0.2) is 57.5 Å². The highest BCUT2D eigenvalue weighted by Gasteiger charge is 2.62. The van der Waals surface area contributed by atoms with Crippen LogP contribution in [0.1, 0.15) is 25.3 Å². The molecule has 1 aromatic rings. The summed E-state index contributed by atoms with van der Waals surface area (Å²) in [7, 11) is -1.48. The maximum Gasteiger partial charge on any atom is 0.211 e. The molecule has 1 aromatic carbocycles. The summed E-state index contributed by atoms with van der Waals surface area (Å²) in [6, 6.07) is 8.20. The summed E-state index contributed by atoms with van der Waals surface area (Å²) in [4.78, 5) is 2.45. The van der Waals surface area contributed by atoms with E-state index < -0.39 is 10.0 Å². The average molecular weight is 381 g/mol. The fourth-order valence-corrected chi connectivity index (χ4v) is 5.65. The molecule has 0 unspecified atom stereocenters. The Balaban J connectivity index is 1.42. The maximum absolute atomic E-state index is 11.8. The Morgan fingerprint density at radius 3 is 2.81 bits per heavy atom. The van der Waals surface area contributed by atoms with Crippen molar-refractivity contribution in [3.63, 3.8) is 0 Å². The van der Waals surface area contributed by atoms with Gasteiger partial charge in [0.2, 0.25) is 10.0 Å². The SMILES string of the molecule is CCS(=O)(=O)NC[C@H]1[C@H]2CN(Cc3ccc(OC)cc3)C[C@]23CC[C@H]1O3. The lowest BCUT2D eigenvalue weighted by molar-refractivity contribution is 0.00220. The number of ether oxygens (including phenoxy) is 2. The van der Waals surface area contributed by atoms with Gasteiger partial charge in [0.1, 0.15) is 5.75 Å². The van der Waals surface area contributed by atoms with Gasteiger partial charge in [0, 0.05) is 38.0 Å². The third-order valence-electron chi connectivity index (χ3n) is 6.34. The van der Waals surface area contributed by atoms with Crippen molar-refractivity contribution in [1.29, 1.82) is 0 Å². The van der Waals surface area contributed by atoms with Crippen LogP contribution in [0.2, 0.25) is 0 Å². The summed E-state index contributed by atoms with van der Waals surface area (Å²) in [5, 5.41) is 0. The van der Waals surface area contributed by atoms with Crippen molar-refractivity contribution in [2.75, 3.05) is 32.5 Å². The number of rotatable bonds is 7. The normalized spacial score (nSPS) is 33.5. The molecular weight excluding hydrogens is 352 g/mol. The molecule has 2 bridgehead atoms. The van der Waals surface area contributed by atoms with Gasteiger partial charge in [0.15, 0.2) is 0 Å². The average Bonchev–Trinajstić information content (AvgIpc) is 3.28. The summed E-state index contributed by atoms with van der Waals surface area (Å²) < 4.78 is 38.1. The number of fused-ring (bicyclic) bond motifs is 1. The number of sulfonamides is 1. The van der Waals surface area contributed by atoms with E-state index in [1.54, 1.807) is 14.0 Å².